The summed E-state index contributed by atoms with van der Waals surface area (Å²) >= 11 is 7.01. The van der Waals surface area contributed by atoms with E-state index in [2.05, 4.69) is 0 Å². The smallest absolute Gasteiger partial charge is 0.294 e. The van der Waals surface area contributed by atoms with Crippen LogP contribution in [-0.2, 0) is 9.59 Å². The third kappa shape index (κ3) is 4.65. The van der Waals surface area contributed by atoms with E-state index in [0.717, 1.165) is 35.9 Å². The van der Waals surface area contributed by atoms with Gasteiger partial charge in [-0.25, -0.2) is 0 Å². The van der Waals surface area contributed by atoms with Crippen LogP contribution in [0.15, 0.2) is 23.1 Å². The van der Waals surface area contributed by atoms with Gasteiger partial charge in [0.05, 0.1) is 16.5 Å². The van der Waals surface area contributed by atoms with Gasteiger partial charge >= 0.3 is 0 Å². The molecule has 27 heavy (non-hydrogen) atoms. The van der Waals surface area contributed by atoms with Gasteiger partial charge in [0.2, 0.25) is 5.91 Å². The number of piperidine rings is 1. The first-order valence-electron chi connectivity index (χ1n) is 8.95. The van der Waals surface area contributed by atoms with Crippen LogP contribution in [0.25, 0.3) is 6.08 Å². The van der Waals surface area contributed by atoms with Crippen molar-refractivity contribution in [3.05, 3.63) is 33.7 Å². The van der Waals surface area contributed by atoms with E-state index in [0.29, 0.717) is 36.0 Å². The van der Waals surface area contributed by atoms with Gasteiger partial charge in [-0.15, -0.1) is 0 Å². The largest absolute Gasteiger partial charge is 0.492 e. The minimum absolute atomic E-state index is 0.178. The summed E-state index contributed by atoms with van der Waals surface area (Å²) in [4.78, 5) is 40.2. The molecule has 2 saturated heterocycles. The number of amides is 3. The molecule has 0 bridgehead atoms. The summed E-state index contributed by atoms with van der Waals surface area (Å²) < 4.78 is 5.39. The average molecular weight is 409 g/mol. The molecule has 2 aliphatic heterocycles. The van der Waals surface area contributed by atoms with E-state index in [4.69, 9.17) is 16.3 Å². The van der Waals surface area contributed by atoms with Crippen molar-refractivity contribution in [3.63, 3.8) is 0 Å². The Morgan fingerprint density at radius 1 is 1.26 bits per heavy atom. The Bertz CT molecular complexity index is 790. The number of nitrogens with zero attached hydrogens (tertiary/aromatic N) is 2. The molecule has 0 aliphatic carbocycles. The molecule has 0 aromatic heterocycles. The summed E-state index contributed by atoms with van der Waals surface area (Å²) in [6.45, 7) is 3.55. The Hall–Kier alpha value is -1.99. The molecule has 0 atom stereocenters. The van der Waals surface area contributed by atoms with Crippen molar-refractivity contribution >= 4 is 46.5 Å². The first-order chi connectivity index (χ1) is 13.0. The number of halogens is 1. The SMILES string of the molecule is CCOc1ccc(/C=C2\SC(=O)N(CC(=O)N3CCCCC3)C2=O)cc1Cl. The maximum atomic E-state index is 12.6. The van der Waals surface area contributed by atoms with Crippen molar-refractivity contribution in [3.8, 4) is 5.75 Å². The second-order valence-corrected chi connectivity index (χ2v) is 7.73. The van der Waals surface area contributed by atoms with Crippen LogP contribution in [0.3, 0.4) is 0 Å². The van der Waals surface area contributed by atoms with Crippen LogP contribution >= 0.6 is 23.4 Å². The number of rotatable bonds is 5. The van der Waals surface area contributed by atoms with Crippen LogP contribution in [0.4, 0.5) is 4.79 Å². The monoisotopic (exact) mass is 408 g/mol. The molecular formula is C19H21ClN2O4S. The lowest BCUT2D eigenvalue weighted by molar-refractivity contribution is -0.136. The lowest BCUT2D eigenvalue weighted by Gasteiger charge is -2.27. The highest BCUT2D eigenvalue weighted by atomic mass is 35.5. The quantitative estimate of drug-likeness (QED) is 0.693. The molecule has 3 amide bonds. The number of carbonyl (C=O) groups excluding carboxylic acids is 3. The molecule has 0 radical (unpaired) electrons. The summed E-state index contributed by atoms with van der Waals surface area (Å²) in [5.74, 6) is -0.0562. The first kappa shape index (κ1) is 19.8. The predicted octanol–water partition coefficient (Wildman–Crippen LogP) is 3.79. The zero-order valence-electron chi connectivity index (χ0n) is 15.1. The van der Waals surface area contributed by atoms with E-state index in [9.17, 15) is 14.4 Å². The van der Waals surface area contributed by atoms with Gasteiger partial charge in [0.1, 0.15) is 12.3 Å². The topological polar surface area (TPSA) is 66.9 Å². The van der Waals surface area contributed by atoms with Gasteiger partial charge in [-0.2, -0.15) is 0 Å². The van der Waals surface area contributed by atoms with Gasteiger partial charge in [-0.1, -0.05) is 17.7 Å². The number of hydrogen-bond acceptors (Lipinski definition) is 5. The van der Waals surface area contributed by atoms with Crippen molar-refractivity contribution in [2.45, 2.75) is 26.2 Å². The van der Waals surface area contributed by atoms with Gasteiger partial charge in [-0.05, 0) is 61.7 Å². The van der Waals surface area contributed by atoms with Gasteiger partial charge in [-0.3, -0.25) is 19.3 Å². The van der Waals surface area contributed by atoms with Gasteiger partial charge in [0.15, 0.2) is 0 Å². The van der Waals surface area contributed by atoms with Crippen LogP contribution in [-0.4, -0.2) is 53.1 Å². The number of thioether (sulfide) groups is 1. The van der Waals surface area contributed by atoms with E-state index < -0.39 is 11.1 Å². The number of benzene rings is 1. The number of imide groups is 1. The lowest BCUT2D eigenvalue weighted by atomic mass is 10.1. The van der Waals surface area contributed by atoms with Crippen molar-refractivity contribution in [2.24, 2.45) is 0 Å². The van der Waals surface area contributed by atoms with E-state index in [-0.39, 0.29) is 17.4 Å². The highest BCUT2D eigenvalue weighted by molar-refractivity contribution is 8.18. The minimum atomic E-state index is -0.444. The predicted molar refractivity (Wildman–Crippen MR) is 106 cm³/mol. The molecule has 8 heteroatoms. The number of likely N-dealkylation sites (tertiary alicyclic amines) is 1. The van der Waals surface area contributed by atoms with Crippen LogP contribution in [0, 0.1) is 0 Å². The molecule has 3 rings (SSSR count). The van der Waals surface area contributed by atoms with E-state index in [1.54, 1.807) is 29.2 Å². The molecular weight excluding hydrogens is 388 g/mol. The van der Waals surface area contributed by atoms with Crippen molar-refractivity contribution < 1.29 is 19.1 Å². The van der Waals surface area contributed by atoms with Crippen molar-refractivity contribution in [2.75, 3.05) is 26.2 Å². The highest BCUT2D eigenvalue weighted by Crippen LogP contribution is 2.33. The Labute approximate surface area is 167 Å². The Balaban J connectivity index is 1.70. The molecule has 2 fully saturated rings. The number of carbonyl (C=O) groups is 3. The zero-order valence-corrected chi connectivity index (χ0v) is 16.6. The van der Waals surface area contributed by atoms with Crippen molar-refractivity contribution in [1.29, 1.82) is 0 Å². The van der Waals surface area contributed by atoms with Crippen LogP contribution in [0.5, 0.6) is 5.75 Å². The second kappa shape index (κ2) is 8.80. The number of hydrogen-bond donors (Lipinski definition) is 0. The summed E-state index contributed by atoms with van der Waals surface area (Å²) in [6.07, 6.45) is 4.65. The molecule has 1 aromatic carbocycles. The van der Waals surface area contributed by atoms with Gasteiger partial charge in [0, 0.05) is 13.1 Å². The molecule has 2 heterocycles. The standard InChI is InChI=1S/C19H21ClN2O4S/c1-2-26-15-7-6-13(10-14(15)20)11-16-18(24)22(19(25)27-16)12-17(23)21-8-4-3-5-9-21/h6-7,10-11H,2-5,8-9,12H2,1H3/b16-11-. The maximum absolute atomic E-state index is 12.6. The Morgan fingerprint density at radius 3 is 2.67 bits per heavy atom. The molecule has 1 aromatic rings. The van der Waals surface area contributed by atoms with E-state index in [1.807, 2.05) is 6.92 Å². The maximum Gasteiger partial charge on any atom is 0.294 e. The molecule has 144 valence electrons. The third-order valence-corrected chi connectivity index (χ3v) is 5.63. The summed E-state index contributed by atoms with van der Waals surface area (Å²) in [5.41, 5.74) is 0.691. The van der Waals surface area contributed by atoms with Gasteiger partial charge in [0.25, 0.3) is 11.1 Å². The second-order valence-electron chi connectivity index (χ2n) is 6.33. The number of ether oxygens (including phenoxy) is 1. The zero-order chi connectivity index (χ0) is 19.4. The van der Waals surface area contributed by atoms with E-state index >= 15 is 0 Å². The molecule has 6 nitrogen and oxygen atoms in total. The summed E-state index contributed by atoms with van der Waals surface area (Å²) in [5, 5.41) is 0.0127. The van der Waals surface area contributed by atoms with Crippen LogP contribution in [0.1, 0.15) is 31.7 Å². The molecule has 0 N–H and O–H groups in total. The van der Waals surface area contributed by atoms with Gasteiger partial charge < -0.3 is 9.64 Å². The first-order valence-corrected chi connectivity index (χ1v) is 10.1. The fourth-order valence-corrected chi connectivity index (χ4v) is 4.13. The third-order valence-electron chi connectivity index (χ3n) is 4.43. The Morgan fingerprint density at radius 2 is 2.00 bits per heavy atom. The summed E-state index contributed by atoms with van der Waals surface area (Å²) in [6, 6.07) is 5.17. The highest BCUT2D eigenvalue weighted by Gasteiger charge is 2.37. The normalized spacial score (nSPS) is 19.1. The van der Waals surface area contributed by atoms with Crippen molar-refractivity contribution in [1.82, 2.24) is 9.80 Å². The molecule has 2 aliphatic rings. The van der Waals surface area contributed by atoms with Crippen LogP contribution < -0.4 is 4.74 Å². The molecule has 0 unspecified atom stereocenters. The lowest BCUT2D eigenvalue weighted by Crippen LogP contribution is -2.44. The fourth-order valence-electron chi connectivity index (χ4n) is 3.05. The fraction of sp³-hybridized carbons (Fsp3) is 0.421. The average Bonchev–Trinajstić information content (AvgIpc) is 2.92. The van der Waals surface area contributed by atoms with E-state index in [1.165, 1.54) is 0 Å². The Kier molecular flexibility index (Phi) is 6.44. The van der Waals surface area contributed by atoms with Crippen LogP contribution in [0.2, 0.25) is 5.02 Å². The summed E-state index contributed by atoms with van der Waals surface area (Å²) in [7, 11) is 0. The molecule has 0 saturated carbocycles. The molecule has 0 spiro atoms. The minimum Gasteiger partial charge on any atom is -0.492 e.